The van der Waals surface area contributed by atoms with Crippen LogP contribution in [-0.4, -0.2) is 48.5 Å². The maximum absolute atomic E-state index is 12.7. The molecule has 1 fully saturated rings. The van der Waals surface area contributed by atoms with Gasteiger partial charge in [-0.15, -0.1) is 0 Å². The van der Waals surface area contributed by atoms with E-state index in [9.17, 15) is 10.1 Å². The van der Waals surface area contributed by atoms with Crippen molar-refractivity contribution in [2.24, 2.45) is 0 Å². The number of rotatable bonds is 5. The van der Waals surface area contributed by atoms with Crippen molar-refractivity contribution in [1.29, 1.82) is 5.26 Å². The van der Waals surface area contributed by atoms with Crippen LogP contribution < -0.4 is 4.74 Å². The second-order valence-electron chi connectivity index (χ2n) is 6.34. The van der Waals surface area contributed by atoms with E-state index in [1.165, 1.54) is 0 Å². The first-order valence-electron chi connectivity index (χ1n) is 9.04. The van der Waals surface area contributed by atoms with Gasteiger partial charge in [0, 0.05) is 26.2 Å². The second-order valence-corrected chi connectivity index (χ2v) is 6.75. The van der Waals surface area contributed by atoms with Gasteiger partial charge in [-0.1, -0.05) is 35.9 Å². The molecule has 0 bridgehead atoms. The molecule has 1 saturated heterocycles. The molecule has 27 heavy (non-hydrogen) atoms. The van der Waals surface area contributed by atoms with Gasteiger partial charge in [-0.3, -0.25) is 9.69 Å². The summed E-state index contributed by atoms with van der Waals surface area (Å²) in [5.41, 5.74) is 1.46. The summed E-state index contributed by atoms with van der Waals surface area (Å²) >= 11 is 6.14. The van der Waals surface area contributed by atoms with Crippen molar-refractivity contribution in [3.05, 3.63) is 64.7 Å². The van der Waals surface area contributed by atoms with Crippen LogP contribution in [0.5, 0.6) is 5.75 Å². The van der Waals surface area contributed by atoms with E-state index in [0.717, 1.165) is 11.3 Å². The van der Waals surface area contributed by atoms with Crippen molar-refractivity contribution >= 4 is 17.5 Å². The molecular formula is C21H22ClN3O2. The smallest absolute Gasteiger partial charge is 0.255 e. The van der Waals surface area contributed by atoms with Gasteiger partial charge in [-0.05, 0) is 36.8 Å². The van der Waals surface area contributed by atoms with Gasteiger partial charge >= 0.3 is 0 Å². The highest BCUT2D eigenvalue weighted by Gasteiger charge is 2.28. The van der Waals surface area contributed by atoms with Crippen molar-refractivity contribution in [1.82, 2.24) is 9.80 Å². The Morgan fingerprint density at radius 2 is 1.81 bits per heavy atom. The molecule has 0 radical (unpaired) electrons. The van der Waals surface area contributed by atoms with Crippen LogP contribution in [0.15, 0.2) is 48.5 Å². The average Bonchev–Trinajstić information content (AvgIpc) is 2.70. The van der Waals surface area contributed by atoms with Gasteiger partial charge in [0.25, 0.3) is 5.91 Å². The summed E-state index contributed by atoms with van der Waals surface area (Å²) in [7, 11) is 0. The lowest BCUT2D eigenvalue weighted by atomic mass is 10.1. The van der Waals surface area contributed by atoms with Crippen molar-refractivity contribution in [3.63, 3.8) is 0 Å². The molecule has 1 aliphatic rings. The van der Waals surface area contributed by atoms with E-state index in [4.69, 9.17) is 16.3 Å². The van der Waals surface area contributed by atoms with E-state index < -0.39 is 0 Å². The first-order valence-corrected chi connectivity index (χ1v) is 9.42. The molecule has 0 N–H and O–H groups in total. The van der Waals surface area contributed by atoms with Crippen LogP contribution in [0, 0.1) is 11.3 Å². The van der Waals surface area contributed by atoms with E-state index in [-0.39, 0.29) is 11.9 Å². The minimum Gasteiger partial charge on any atom is -0.494 e. The predicted octanol–water partition coefficient (Wildman–Crippen LogP) is 3.76. The maximum Gasteiger partial charge on any atom is 0.255 e. The molecule has 0 aromatic heterocycles. The van der Waals surface area contributed by atoms with Crippen LogP contribution in [0.25, 0.3) is 0 Å². The topological polar surface area (TPSA) is 56.6 Å². The number of hydrogen-bond acceptors (Lipinski definition) is 4. The van der Waals surface area contributed by atoms with E-state index in [2.05, 4.69) is 11.0 Å². The maximum atomic E-state index is 12.7. The number of benzene rings is 2. The molecule has 0 aliphatic carbocycles. The Bertz CT molecular complexity index is 824. The Morgan fingerprint density at radius 1 is 1.15 bits per heavy atom. The molecule has 2 aromatic rings. The van der Waals surface area contributed by atoms with Gasteiger partial charge in [-0.2, -0.15) is 5.26 Å². The fourth-order valence-electron chi connectivity index (χ4n) is 3.27. The lowest BCUT2D eigenvalue weighted by Crippen LogP contribution is -2.49. The molecule has 1 atom stereocenters. The molecule has 3 rings (SSSR count). The Balaban J connectivity index is 1.64. The number of amides is 1. The Labute approximate surface area is 164 Å². The zero-order valence-electron chi connectivity index (χ0n) is 15.3. The third-order valence-corrected chi connectivity index (χ3v) is 5.03. The van der Waals surface area contributed by atoms with Crippen LogP contribution >= 0.6 is 11.6 Å². The number of halogens is 1. The predicted molar refractivity (Wildman–Crippen MR) is 105 cm³/mol. The third-order valence-electron chi connectivity index (χ3n) is 4.70. The van der Waals surface area contributed by atoms with Gasteiger partial charge in [0.1, 0.15) is 11.8 Å². The first-order chi connectivity index (χ1) is 13.1. The Hall–Kier alpha value is -2.55. The van der Waals surface area contributed by atoms with Crippen LogP contribution in [-0.2, 0) is 0 Å². The lowest BCUT2D eigenvalue weighted by Gasteiger charge is -2.37. The first kappa shape index (κ1) is 19.2. The zero-order chi connectivity index (χ0) is 19.2. The van der Waals surface area contributed by atoms with Gasteiger partial charge < -0.3 is 9.64 Å². The molecule has 0 saturated carbocycles. The van der Waals surface area contributed by atoms with E-state index >= 15 is 0 Å². The Morgan fingerprint density at radius 3 is 2.41 bits per heavy atom. The molecule has 2 aromatic carbocycles. The van der Waals surface area contributed by atoms with Crippen LogP contribution in [0.1, 0.15) is 28.9 Å². The molecular weight excluding hydrogens is 362 g/mol. The quantitative estimate of drug-likeness (QED) is 0.788. The second kappa shape index (κ2) is 8.90. The van der Waals surface area contributed by atoms with Gasteiger partial charge in [-0.25, -0.2) is 0 Å². The molecule has 1 unspecified atom stereocenters. The fourth-order valence-corrected chi connectivity index (χ4v) is 3.48. The van der Waals surface area contributed by atoms with Crippen molar-refractivity contribution < 1.29 is 9.53 Å². The minimum atomic E-state index is -0.335. The summed E-state index contributed by atoms with van der Waals surface area (Å²) in [6.07, 6.45) is 0. The number of ether oxygens (including phenoxy) is 1. The monoisotopic (exact) mass is 383 g/mol. The largest absolute Gasteiger partial charge is 0.494 e. The number of hydrogen-bond donors (Lipinski definition) is 0. The molecule has 1 aliphatic heterocycles. The minimum absolute atomic E-state index is 0.0603. The van der Waals surface area contributed by atoms with Crippen LogP contribution in [0.4, 0.5) is 0 Å². The van der Waals surface area contributed by atoms with E-state index in [1.54, 1.807) is 17.0 Å². The van der Waals surface area contributed by atoms with Crippen LogP contribution in [0.3, 0.4) is 0 Å². The van der Waals surface area contributed by atoms with Crippen molar-refractivity contribution in [2.45, 2.75) is 13.0 Å². The Kier molecular flexibility index (Phi) is 6.33. The summed E-state index contributed by atoms with van der Waals surface area (Å²) in [5.74, 6) is 0.739. The highest BCUT2D eigenvalue weighted by Crippen LogP contribution is 2.25. The molecule has 0 spiro atoms. The highest BCUT2D eigenvalue weighted by atomic mass is 35.5. The van der Waals surface area contributed by atoms with Crippen molar-refractivity contribution in [3.8, 4) is 11.8 Å². The fraction of sp³-hybridized carbons (Fsp3) is 0.333. The van der Waals surface area contributed by atoms with E-state index in [0.29, 0.717) is 43.4 Å². The summed E-state index contributed by atoms with van der Waals surface area (Å²) in [4.78, 5) is 16.6. The molecule has 5 nitrogen and oxygen atoms in total. The molecule has 140 valence electrons. The van der Waals surface area contributed by atoms with Gasteiger partial charge in [0.05, 0.1) is 23.3 Å². The van der Waals surface area contributed by atoms with E-state index in [1.807, 2.05) is 43.3 Å². The molecule has 6 heteroatoms. The van der Waals surface area contributed by atoms with Gasteiger partial charge in [0.2, 0.25) is 0 Å². The number of carbonyl (C=O) groups is 1. The normalized spacial score (nSPS) is 15.8. The summed E-state index contributed by atoms with van der Waals surface area (Å²) in [6, 6.07) is 16.8. The van der Waals surface area contributed by atoms with Gasteiger partial charge in [0.15, 0.2) is 0 Å². The molecule has 1 heterocycles. The number of nitrogens with zero attached hydrogens (tertiary/aromatic N) is 3. The summed E-state index contributed by atoms with van der Waals surface area (Å²) in [6.45, 7) is 4.97. The molecule has 1 amide bonds. The zero-order valence-corrected chi connectivity index (χ0v) is 16.0. The average molecular weight is 384 g/mol. The summed E-state index contributed by atoms with van der Waals surface area (Å²) in [5, 5.41) is 10.1. The number of piperazine rings is 1. The van der Waals surface area contributed by atoms with Crippen molar-refractivity contribution in [2.75, 3.05) is 32.8 Å². The summed E-state index contributed by atoms with van der Waals surface area (Å²) < 4.78 is 5.46. The standard InChI is InChI=1S/C21H22ClN3O2/c1-2-27-17-9-7-16(8-10-17)20(15-23)24-11-13-25(14-12-24)21(26)18-5-3-4-6-19(18)22/h3-10,20H,2,11-14H2,1H3. The van der Waals surface area contributed by atoms with Crippen LogP contribution in [0.2, 0.25) is 5.02 Å². The third kappa shape index (κ3) is 4.41. The number of carbonyl (C=O) groups excluding carboxylic acids is 1. The SMILES string of the molecule is CCOc1ccc(C(C#N)N2CCN(C(=O)c3ccccc3Cl)CC2)cc1. The lowest BCUT2D eigenvalue weighted by molar-refractivity contribution is 0.0606. The highest BCUT2D eigenvalue weighted by molar-refractivity contribution is 6.33. The number of nitriles is 1.